The normalized spacial score (nSPS) is 15.5. The third-order valence-corrected chi connectivity index (χ3v) is 2.71. The molecular formula is C12H11F3O3. The van der Waals surface area contributed by atoms with Gasteiger partial charge in [-0.3, -0.25) is 0 Å². The lowest BCUT2D eigenvalue weighted by Crippen LogP contribution is -2.13. The van der Waals surface area contributed by atoms with Crippen LogP contribution in [0.1, 0.15) is 28.8 Å². The van der Waals surface area contributed by atoms with Gasteiger partial charge in [-0.2, -0.15) is 13.2 Å². The number of halogens is 3. The van der Waals surface area contributed by atoms with E-state index in [4.69, 9.17) is 9.84 Å². The van der Waals surface area contributed by atoms with Crippen molar-refractivity contribution in [3.05, 3.63) is 29.3 Å². The van der Waals surface area contributed by atoms with Gasteiger partial charge in [0.2, 0.25) is 0 Å². The van der Waals surface area contributed by atoms with Gasteiger partial charge in [0.15, 0.2) is 0 Å². The summed E-state index contributed by atoms with van der Waals surface area (Å²) >= 11 is 0. The predicted molar refractivity (Wildman–Crippen MR) is 56.6 cm³/mol. The number of carboxylic acid groups (broad SMARTS) is 1. The van der Waals surface area contributed by atoms with Crippen molar-refractivity contribution in [2.45, 2.75) is 19.0 Å². The van der Waals surface area contributed by atoms with Gasteiger partial charge in [0.1, 0.15) is 5.75 Å². The van der Waals surface area contributed by atoms with Gasteiger partial charge in [-0.1, -0.05) is 0 Å². The highest BCUT2D eigenvalue weighted by Gasteiger charge is 2.35. The van der Waals surface area contributed by atoms with Crippen molar-refractivity contribution in [1.29, 1.82) is 0 Å². The molecule has 0 radical (unpaired) electrons. The minimum atomic E-state index is -4.68. The molecule has 1 aliphatic carbocycles. The highest BCUT2D eigenvalue weighted by atomic mass is 19.4. The molecule has 1 aromatic carbocycles. The topological polar surface area (TPSA) is 46.5 Å². The summed E-state index contributed by atoms with van der Waals surface area (Å²) in [6.45, 7) is 0.421. The molecular weight excluding hydrogens is 249 g/mol. The van der Waals surface area contributed by atoms with Gasteiger partial charge in [-0.25, -0.2) is 4.79 Å². The first-order chi connectivity index (χ1) is 8.38. The second-order valence-corrected chi connectivity index (χ2v) is 4.26. The van der Waals surface area contributed by atoms with Crippen LogP contribution in [0.4, 0.5) is 13.2 Å². The van der Waals surface area contributed by atoms with Crippen molar-refractivity contribution < 1.29 is 27.8 Å². The SMILES string of the molecule is O=C(O)c1cc(OCC2CC2)ccc1C(F)(F)F. The van der Waals surface area contributed by atoms with Gasteiger partial charge in [0.25, 0.3) is 0 Å². The average molecular weight is 260 g/mol. The maximum Gasteiger partial charge on any atom is 0.417 e. The van der Waals surface area contributed by atoms with E-state index in [1.165, 1.54) is 0 Å². The molecule has 1 aliphatic rings. The Kier molecular flexibility index (Phi) is 3.19. The number of carbonyl (C=O) groups is 1. The number of hydrogen-bond acceptors (Lipinski definition) is 2. The summed E-state index contributed by atoms with van der Waals surface area (Å²) in [4.78, 5) is 10.8. The van der Waals surface area contributed by atoms with Crippen molar-refractivity contribution in [3.63, 3.8) is 0 Å². The van der Waals surface area contributed by atoms with E-state index in [9.17, 15) is 18.0 Å². The van der Waals surface area contributed by atoms with Crippen molar-refractivity contribution in [2.24, 2.45) is 5.92 Å². The number of alkyl halides is 3. The van der Waals surface area contributed by atoms with Gasteiger partial charge in [-0.15, -0.1) is 0 Å². The standard InChI is InChI=1S/C12H11F3O3/c13-12(14,15)10-4-3-8(5-9(10)11(16)17)18-6-7-1-2-7/h3-5,7H,1-2,6H2,(H,16,17). The first kappa shape index (κ1) is 12.7. The summed E-state index contributed by atoms with van der Waals surface area (Å²) in [7, 11) is 0. The van der Waals surface area contributed by atoms with Gasteiger partial charge in [0, 0.05) is 0 Å². The van der Waals surface area contributed by atoms with Crippen LogP contribution in [0.3, 0.4) is 0 Å². The van der Waals surface area contributed by atoms with Gasteiger partial charge < -0.3 is 9.84 Å². The highest BCUT2D eigenvalue weighted by molar-refractivity contribution is 5.90. The molecule has 0 unspecified atom stereocenters. The van der Waals surface area contributed by atoms with Crippen molar-refractivity contribution in [1.82, 2.24) is 0 Å². The summed E-state index contributed by atoms with van der Waals surface area (Å²) in [5.74, 6) is -1.01. The van der Waals surface area contributed by atoms with Gasteiger partial charge >= 0.3 is 12.1 Å². The first-order valence-corrected chi connectivity index (χ1v) is 5.45. The van der Waals surface area contributed by atoms with E-state index < -0.39 is 23.3 Å². The molecule has 0 saturated heterocycles. The van der Waals surface area contributed by atoms with E-state index in [0.29, 0.717) is 12.5 Å². The number of aromatic carboxylic acids is 1. The number of carboxylic acids is 1. The van der Waals surface area contributed by atoms with E-state index in [-0.39, 0.29) is 5.75 Å². The van der Waals surface area contributed by atoms with Crippen molar-refractivity contribution in [3.8, 4) is 5.75 Å². The maximum absolute atomic E-state index is 12.6. The molecule has 1 fully saturated rings. The summed E-state index contributed by atoms with van der Waals surface area (Å²) in [6.07, 6.45) is -2.58. The van der Waals surface area contributed by atoms with Gasteiger partial charge in [0.05, 0.1) is 17.7 Å². The lowest BCUT2D eigenvalue weighted by atomic mass is 10.1. The Morgan fingerprint density at radius 2 is 2.06 bits per heavy atom. The molecule has 1 saturated carbocycles. The summed E-state index contributed by atoms with van der Waals surface area (Å²) in [6, 6.07) is 2.82. The lowest BCUT2D eigenvalue weighted by molar-refractivity contribution is -0.138. The third-order valence-electron chi connectivity index (χ3n) is 2.71. The first-order valence-electron chi connectivity index (χ1n) is 5.45. The molecule has 3 nitrogen and oxygen atoms in total. The molecule has 1 N–H and O–H groups in total. The molecule has 18 heavy (non-hydrogen) atoms. The molecule has 0 aliphatic heterocycles. The third kappa shape index (κ3) is 2.94. The average Bonchev–Trinajstić information content (AvgIpc) is 3.08. The van der Waals surface area contributed by atoms with Crippen LogP contribution in [0, 0.1) is 5.92 Å². The van der Waals surface area contributed by atoms with Crippen molar-refractivity contribution in [2.75, 3.05) is 6.61 Å². The fourth-order valence-corrected chi connectivity index (χ4v) is 1.54. The van der Waals surface area contributed by atoms with Crippen LogP contribution in [-0.2, 0) is 6.18 Å². The Hall–Kier alpha value is -1.72. The Balaban J connectivity index is 2.24. The number of hydrogen-bond donors (Lipinski definition) is 1. The monoisotopic (exact) mass is 260 g/mol. The van der Waals surface area contributed by atoms with Crippen LogP contribution in [0.15, 0.2) is 18.2 Å². The molecule has 0 atom stereocenters. The Morgan fingerprint density at radius 1 is 1.39 bits per heavy atom. The van der Waals surface area contributed by atoms with Crippen LogP contribution >= 0.6 is 0 Å². The van der Waals surface area contributed by atoms with Crippen LogP contribution < -0.4 is 4.74 Å². The van der Waals surface area contributed by atoms with Crippen LogP contribution in [0.2, 0.25) is 0 Å². The zero-order valence-electron chi connectivity index (χ0n) is 9.33. The van der Waals surface area contributed by atoms with Crippen LogP contribution in [0.25, 0.3) is 0 Å². The van der Waals surface area contributed by atoms with E-state index in [1.807, 2.05) is 0 Å². The Morgan fingerprint density at radius 3 is 2.56 bits per heavy atom. The molecule has 0 heterocycles. The van der Waals surface area contributed by atoms with Crippen LogP contribution in [0.5, 0.6) is 5.75 Å². The van der Waals surface area contributed by atoms with E-state index >= 15 is 0 Å². The number of rotatable bonds is 4. The second-order valence-electron chi connectivity index (χ2n) is 4.26. The molecule has 1 aromatic rings. The predicted octanol–water partition coefficient (Wildman–Crippen LogP) is 3.19. The quantitative estimate of drug-likeness (QED) is 0.904. The lowest BCUT2D eigenvalue weighted by Gasteiger charge is -2.12. The highest BCUT2D eigenvalue weighted by Crippen LogP contribution is 2.34. The van der Waals surface area contributed by atoms with E-state index in [0.717, 1.165) is 31.0 Å². The fraction of sp³-hybridized carbons (Fsp3) is 0.417. The van der Waals surface area contributed by atoms with Crippen LogP contribution in [-0.4, -0.2) is 17.7 Å². The smallest absolute Gasteiger partial charge is 0.417 e. The summed E-state index contributed by atoms with van der Waals surface area (Å²) in [5, 5.41) is 8.79. The zero-order chi connectivity index (χ0) is 13.3. The van der Waals surface area contributed by atoms with Gasteiger partial charge in [-0.05, 0) is 37.0 Å². The number of benzene rings is 1. The fourth-order valence-electron chi connectivity index (χ4n) is 1.54. The molecule has 98 valence electrons. The van der Waals surface area contributed by atoms with E-state index in [1.54, 1.807) is 0 Å². The number of ether oxygens (including phenoxy) is 1. The largest absolute Gasteiger partial charge is 0.493 e. The van der Waals surface area contributed by atoms with Crippen molar-refractivity contribution >= 4 is 5.97 Å². The molecule has 0 spiro atoms. The molecule has 6 heteroatoms. The maximum atomic E-state index is 12.6. The Bertz CT molecular complexity index is 464. The Labute approximate surface area is 101 Å². The van der Waals surface area contributed by atoms with E-state index in [2.05, 4.69) is 0 Å². The second kappa shape index (κ2) is 4.51. The minimum absolute atomic E-state index is 0.160. The molecule has 0 bridgehead atoms. The molecule has 0 aromatic heterocycles. The summed E-state index contributed by atoms with van der Waals surface area (Å²) in [5.41, 5.74) is -1.94. The minimum Gasteiger partial charge on any atom is -0.493 e. The zero-order valence-corrected chi connectivity index (χ0v) is 9.33. The molecule has 0 amide bonds. The summed E-state index contributed by atoms with van der Waals surface area (Å²) < 4.78 is 42.9. The molecule has 2 rings (SSSR count).